The Bertz CT molecular complexity index is 440. The Labute approximate surface area is 112 Å². The smallest absolute Gasteiger partial charge is 0.166 e. The van der Waals surface area contributed by atoms with E-state index in [0.29, 0.717) is 5.92 Å². The lowest BCUT2D eigenvalue weighted by Gasteiger charge is -2.25. The molecule has 2 rings (SSSR count). The van der Waals surface area contributed by atoms with Crippen molar-refractivity contribution in [3.8, 4) is 0 Å². The monoisotopic (exact) mass is 268 g/mol. The van der Waals surface area contributed by atoms with E-state index in [2.05, 4.69) is 13.0 Å². The fourth-order valence-corrected chi connectivity index (χ4v) is 2.80. The molecule has 0 nitrogen and oxygen atoms in total. The Morgan fingerprint density at radius 3 is 2.47 bits per heavy atom. The lowest BCUT2D eigenvalue weighted by molar-refractivity contribution is -0.137. The number of benzene rings is 1. The highest BCUT2D eigenvalue weighted by Gasteiger charge is 2.30. The summed E-state index contributed by atoms with van der Waals surface area (Å²) in [6, 6.07) is 5.69. The highest BCUT2D eigenvalue weighted by atomic mass is 19.4. The Balaban J connectivity index is 2.12. The largest absolute Gasteiger partial charge is 0.416 e. The van der Waals surface area contributed by atoms with Crippen LogP contribution in [-0.2, 0) is 6.18 Å². The van der Waals surface area contributed by atoms with Gasteiger partial charge in [-0.05, 0) is 55.7 Å². The van der Waals surface area contributed by atoms with Crippen molar-refractivity contribution in [2.24, 2.45) is 0 Å². The van der Waals surface area contributed by atoms with Crippen molar-refractivity contribution >= 4 is 0 Å². The number of hydrogen-bond donors (Lipinski definition) is 0. The van der Waals surface area contributed by atoms with Crippen LogP contribution in [0, 0.1) is 0 Å². The second-order valence-corrected chi connectivity index (χ2v) is 5.18. The number of rotatable bonds is 2. The molecule has 0 radical (unpaired) electrons. The van der Waals surface area contributed by atoms with Crippen molar-refractivity contribution in [3.05, 3.63) is 47.0 Å². The second kappa shape index (κ2) is 5.81. The van der Waals surface area contributed by atoms with Crippen LogP contribution in [0.15, 0.2) is 35.9 Å². The molecule has 1 unspecified atom stereocenters. The first kappa shape index (κ1) is 14.2. The minimum absolute atomic E-state index is 0.383. The van der Waals surface area contributed by atoms with Crippen LogP contribution in [0.2, 0.25) is 0 Å². The maximum Gasteiger partial charge on any atom is 0.416 e. The van der Waals surface area contributed by atoms with Crippen LogP contribution < -0.4 is 0 Å². The lowest BCUT2D eigenvalue weighted by Crippen LogP contribution is -2.09. The zero-order valence-electron chi connectivity index (χ0n) is 11.1. The quantitative estimate of drug-likeness (QED) is 0.603. The number of allylic oxidation sites excluding steroid dienone is 2. The molecule has 1 aliphatic rings. The lowest BCUT2D eigenvalue weighted by atomic mass is 9.81. The van der Waals surface area contributed by atoms with Gasteiger partial charge in [-0.25, -0.2) is 0 Å². The van der Waals surface area contributed by atoms with Gasteiger partial charge in [-0.15, -0.1) is 0 Å². The highest BCUT2D eigenvalue weighted by Crippen LogP contribution is 2.37. The van der Waals surface area contributed by atoms with E-state index in [-0.39, 0.29) is 0 Å². The van der Waals surface area contributed by atoms with Gasteiger partial charge in [0.05, 0.1) is 5.56 Å². The molecule has 3 heteroatoms. The van der Waals surface area contributed by atoms with E-state index in [9.17, 15) is 13.2 Å². The van der Waals surface area contributed by atoms with E-state index in [1.54, 1.807) is 12.1 Å². The molecule has 0 spiro atoms. The Kier molecular flexibility index (Phi) is 4.33. The first-order chi connectivity index (χ1) is 9.00. The molecule has 0 aliphatic heterocycles. The van der Waals surface area contributed by atoms with E-state index < -0.39 is 11.7 Å². The summed E-state index contributed by atoms with van der Waals surface area (Å²) in [6.45, 7) is 2.12. The Morgan fingerprint density at radius 2 is 1.89 bits per heavy atom. The molecule has 19 heavy (non-hydrogen) atoms. The first-order valence-electron chi connectivity index (χ1n) is 6.85. The number of alkyl halides is 3. The average molecular weight is 268 g/mol. The van der Waals surface area contributed by atoms with E-state index in [0.717, 1.165) is 37.7 Å². The molecule has 0 aromatic heterocycles. The second-order valence-electron chi connectivity index (χ2n) is 5.18. The van der Waals surface area contributed by atoms with Crippen LogP contribution in [0.3, 0.4) is 0 Å². The predicted octanol–water partition coefficient (Wildman–Crippen LogP) is 5.70. The van der Waals surface area contributed by atoms with Gasteiger partial charge in [-0.1, -0.05) is 30.7 Å². The Morgan fingerprint density at radius 1 is 1.21 bits per heavy atom. The SMILES string of the molecule is CC/C=C1\CCCC(c2ccc(C(F)(F)F)cc2)C1. The molecule has 0 N–H and O–H groups in total. The van der Waals surface area contributed by atoms with Gasteiger partial charge in [0.1, 0.15) is 0 Å². The summed E-state index contributed by atoms with van der Waals surface area (Å²) in [4.78, 5) is 0. The maximum absolute atomic E-state index is 12.5. The molecule has 0 amide bonds. The van der Waals surface area contributed by atoms with E-state index in [1.165, 1.54) is 17.7 Å². The molecule has 1 saturated carbocycles. The standard InChI is InChI=1S/C16H19F3/c1-2-4-12-5-3-6-14(11-12)13-7-9-15(10-8-13)16(17,18)19/h4,7-10,14H,2-3,5-6,11H2,1H3/b12-4+. The molecule has 1 atom stereocenters. The molecule has 1 aromatic rings. The topological polar surface area (TPSA) is 0 Å². The average Bonchev–Trinajstić information content (AvgIpc) is 2.39. The van der Waals surface area contributed by atoms with Crippen molar-refractivity contribution in [3.63, 3.8) is 0 Å². The highest BCUT2D eigenvalue weighted by molar-refractivity contribution is 5.29. The summed E-state index contributed by atoms with van der Waals surface area (Å²) < 4.78 is 37.5. The number of halogens is 3. The Hall–Kier alpha value is -1.25. The van der Waals surface area contributed by atoms with E-state index >= 15 is 0 Å². The van der Waals surface area contributed by atoms with Crippen LogP contribution in [0.1, 0.15) is 56.1 Å². The van der Waals surface area contributed by atoms with E-state index in [4.69, 9.17) is 0 Å². The fraction of sp³-hybridized carbons (Fsp3) is 0.500. The van der Waals surface area contributed by atoms with Crippen molar-refractivity contribution < 1.29 is 13.2 Å². The summed E-state index contributed by atoms with van der Waals surface area (Å²) in [5.74, 6) is 0.383. The third-order valence-electron chi connectivity index (χ3n) is 3.76. The number of hydrogen-bond acceptors (Lipinski definition) is 0. The van der Waals surface area contributed by atoms with Crippen LogP contribution in [0.4, 0.5) is 13.2 Å². The molecule has 1 fully saturated rings. The van der Waals surface area contributed by atoms with Gasteiger partial charge in [-0.2, -0.15) is 13.2 Å². The van der Waals surface area contributed by atoms with Crippen molar-refractivity contribution in [2.75, 3.05) is 0 Å². The van der Waals surface area contributed by atoms with Gasteiger partial charge in [0.2, 0.25) is 0 Å². The van der Waals surface area contributed by atoms with Gasteiger partial charge < -0.3 is 0 Å². The minimum Gasteiger partial charge on any atom is -0.166 e. The summed E-state index contributed by atoms with van der Waals surface area (Å²) in [6.07, 6.45) is 3.41. The summed E-state index contributed by atoms with van der Waals surface area (Å²) in [5.41, 5.74) is 1.93. The van der Waals surface area contributed by atoms with Gasteiger partial charge >= 0.3 is 6.18 Å². The summed E-state index contributed by atoms with van der Waals surface area (Å²) >= 11 is 0. The molecule has 0 saturated heterocycles. The normalized spacial score (nSPS) is 22.7. The van der Waals surface area contributed by atoms with Crippen LogP contribution >= 0.6 is 0 Å². The third-order valence-corrected chi connectivity index (χ3v) is 3.76. The van der Waals surface area contributed by atoms with Crippen molar-refractivity contribution in [1.82, 2.24) is 0 Å². The van der Waals surface area contributed by atoms with Crippen LogP contribution in [0.5, 0.6) is 0 Å². The minimum atomic E-state index is -4.24. The summed E-state index contributed by atoms with van der Waals surface area (Å²) in [7, 11) is 0. The molecule has 1 aromatic carbocycles. The van der Waals surface area contributed by atoms with Crippen molar-refractivity contribution in [2.45, 2.75) is 51.1 Å². The van der Waals surface area contributed by atoms with Crippen LogP contribution in [0.25, 0.3) is 0 Å². The molecule has 0 bridgehead atoms. The molecule has 104 valence electrons. The maximum atomic E-state index is 12.5. The predicted molar refractivity (Wildman–Crippen MR) is 71.0 cm³/mol. The van der Waals surface area contributed by atoms with Gasteiger partial charge in [0.15, 0.2) is 0 Å². The van der Waals surface area contributed by atoms with Gasteiger partial charge in [0.25, 0.3) is 0 Å². The zero-order valence-corrected chi connectivity index (χ0v) is 11.1. The van der Waals surface area contributed by atoms with Crippen LogP contribution in [-0.4, -0.2) is 0 Å². The van der Waals surface area contributed by atoms with Gasteiger partial charge in [-0.3, -0.25) is 0 Å². The third kappa shape index (κ3) is 3.62. The van der Waals surface area contributed by atoms with Gasteiger partial charge in [0, 0.05) is 0 Å². The molecular formula is C16H19F3. The van der Waals surface area contributed by atoms with Crippen molar-refractivity contribution in [1.29, 1.82) is 0 Å². The molecule has 0 heterocycles. The first-order valence-corrected chi connectivity index (χ1v) is 6.85. The summed E-state index contributed by atoms with van der Waals surface area (Å²) in [5, 5.41) is 0. The fourth-order valence-electron chi connectivity index (χ4n) is 2.80. The van der Waals surface area contributed by atoms with E-state index in [1.807, 2.05) is 0 Å². The zero-order chi connectivity index (χ0) is 13.9. The molecule has 1 aliphatic carbocycles. The molecular weight excluding hydrogens is 249 g/mol.